The smallest absolute Gasteiger partial charge is 0.296 e. The largest absolute Gasteiger partial charge is 0.496 e. The van der Waals surface area contributed by atoms with Gasteiger partial charge in [-0.05, 0) is 24.5 Å². The highest BCUT2D eigenvalue weighted by Crippen LogP contribution is 2.29. The first-order chi connectivity index (χ1) is 8.97. The minimum absolute atomic E-state index is 0.00144. The van der Waals surface area contributed by atoms with Crippen molar-refractivity contribution in [3.63, 3.8) is 0 Å². The van der Waals surface area contributed by atoms with Crippen LogP contribution in [0.1, 0.15) is 20.3 Å². The van der Waals surface area contributed by atoms with Crippen LogP contribution in [0.15, 0.2) is 18.2 Å². The van der Waals surface area contributed by atoms with E-state index in [2.05, 4.69) is 19.2 Å². The van der Waals surface area contributed by atoms with Gasteiger partial charge in [0.25, 0.3) is 5.69 Å². The fraction of sp³-hybridized carbons (Fsp3) is 0.538. The van der Waals surface area contributed by atoms with E-state index in [0.717, 1.165) is 6.42 Å². The molecule has 0 aliphatic heterocycles. The summed E-state index contributed by atoms with van der Waals surface area (Å²) in [6.07, 6.45) is 0.861. The van der Waals surface area contributed by atoms with Gasteiger partial charge >= 0.3 is 0 Å². The molecule has 0 amide bonds. The van der Waals surface area contributed by atoms with Gasteiger partial charge in [-0.15, -0.1) is 0 Å². The topological polar surface area (TPSA) is 90.4 Å². The molecule has 0 heterocycles. The molecule has 1 aromatic carbocycles. The average Bonchev–Trinajstić information content (AvgIpc) is 2.37. The maximum Gasteiger partial charge on any atom is 0.296 e. The standard InChI is InChI=1S/C13H21N3O3/c1-9(2)6-10(8-14)15-12-5-4-11(19-3)7-13(12)16(17)18/h4-5,7,9-10,15H,6,8,14H2,1-3H3. The van der Waals surface area contributed by atoms with Crippen LogP contribution < -0.4 is 15.8 Å². The molecule has 1 rings (SSSR count). The lowest BCUT2D eigenvalue weighted by atomic mass is 10.0. The number of nitrogens with two attached hydrogens (primary N) is 1. The van der Waals surface area contributed by atoms with E-state index in [-0.39, 0.29) is 11.7 Å². The highest BCUT2D eigenvalue weighted by Gasteiger charge is 2.18. The molecule has 19 heavy (non-hydrogen) atoms. The van der Waals surface area contributed by atoms with Crippen LogP contribution in [-0.4, -0.2) is 24.6 Å². The van der Waals surface area contributed by atoms with E-state index < -0.39 is 4.92 Å². The Kier molecular flexibility index (Phi) is 5.57. The van der Waals surface area contributed by atoms with Crippen molar-refractivity contribution < 1.29 is 9.66 Å². The van der Waals surface area contributed by atoms with Gasteiger partial charge in [-0.2, -0.15) is 0 Å². The predicted octanol–water partition coefficient (Wildman–Crippen LogP) is 2.39. The predicted molar refractivity (Wildman–Crippen MR) is 75.6 cm³/mol. The minimum atomic E-state index is -0.423. The Hall–Kier alpha value is -1.82. The number of nitrogens with one attached hydrogen (secondary N) is 1. The molecule has 106 valence electrons. The minimum Gasteiger partial charge on any atom is -0.496 e. The number of hydrogen-bond donors (Lipinski definition) is 2. The summed E-state index contributed by atoms with van der Waals surface area (Å²) >= 11 is 0. The second-order valence-electron chi connectivity index (χ2n) is 4.85. The zero-order chi connectivity index (χ0) is 14.4. The molecule has 1 atom stereocenters. The highest BCUT2D eigenvalue weighted by molar-refractivity contribution is 5.64. The Bertz CT molecular complexity index is 435. The Balaban J connectivity index is 2.95. The van der Waals surface area contributed by atoms with E-state index in [9.17, 15) is 10.1 Å². The summed E-state index contributed by atoms with van der Waals surface area (Å²) in [7, 11) is 1.48. The van der Waals surface area contributed by atoms with Crippen LogP contribution in [0, 0.1) is 16.0 Å². The normalized spacial score (nSPS) is 12.3. The molecule has 0 aliphatic rings. The van der Waals surface area contributed by atoms with Crippen molar-refractivity contribution in [3.8, 4) is 5.75 Å². The third-order valence-electron chi connectivity index (χ3n) is 2.80. The Labute approximate surface area is 113 Å². The van der Waals surface area contributed by atoms with E-state index in [1.807, 2.05) is 0 Å². The van der Waals surface area contributed by atoms with Gasteiger partial charge in [0.15, 0.2) is 0 Å². The fourth-order valence-corrected chi connectivity index (χ4v) is 1.91. The molecule has 3 N–H and O–H groups in total. The number of nitro benzene ring substituents is 1. The number of ether oxygens (including phenoxy) is 1. The van der Waals surface area contributed by atoms with Gasteiger partial charge in [0.1, 0.15) is 11.4 Å². The molecule has 0 fully saturated rings. The van der Waals surface area contributed by atoms with Crippen molar-refractivity contribution >= 4 is 11.4 Å². The Morgan fingerprint density at radius 1 is 1.47 bits per heavy atom. The fourth-order valence-electron chi connectivity index (χ4n) is 1.91. The van der Waals surface area contributed by atoms with Gasteiger partial charge in [-0.25, -0.2) is 0 Å². The molecule has 0 saturated carbocycles. The lowest BCUT2D eigenvalue weighted by Crippen LogP contribution is -2.30. The van der Waals surface area contributed by atoms with Crippen molar-refractivity contribution in [2.75, 3.05) is 19.0 Å². The van der Waals surface area contributed by atoms with E-state index in [1.54, 1.807) is 12.1 Å². The molecule has 0 saturated heterocycles. The van der Waals surface area contributed by atoms with E-state index >= 15 is 0 Å². The van der Waals surface area contributed by atoms with Gasteiger partial charge in [0.05, 0.1) is 18.1 Å². The molecular formula is C13H21N3O3. The number of hydrogen-bond acceptors (Lipinski definition) is 5. The second-order valence-corrected chi connectivity index (χ2v) is 4.85. The van der Waals surface area contributed by atoms with E-state index in [0.29, 0.717) is 23.9 Å². The SMILES string of the molecule is COc1ccc(NC(CN)CC(C)C)c([N+](=O)[O-])c1. The highest BCUT2D eigenvalue weighted by atomic mass is 16.6. The summed E-state index contributed by atoms with van der Waals surface area (Å²) < 4.78 is 5.00. The van der Waals surface area contributed by atoms with Crippen molar-refractivity contribution in [3.05, 3.63) is 28.3 Å². The molecular weight excluding hydrogens is 246 g/mol. The Morgan fingerprint density at radius 3 is 2.63 bits per heavy atom. The van der Waals surface area contributed by atoms with Crippen molar-refractivity contribution in [2.24, 2.45) is 11.7 Å². The molecule has 0 radical (unpaired) electrons. The quantitative estimate of drug-likeness (QED) is 0.584. The number of nitro groups is 1. The third-order valence-corrected chi connectivity index (χ3v) is 2.80. The van der Waals surface area contributed by atoms with Crippen LogP contribution in [0.3, 0.4) is 0 Å². The first-order valence-electron chi connectivity index (χ1n) is 6.27. The van der Waals surface area contributed by atoms with E-state index in [4.69, 9.17) is 10.5 Å². The number of methoxy groups -OCH3 is 1. The summed E-state index contributed by atoms with van der Waals surface area (Å²) in [5, 5.41) is 14.2. The molecule has 6 heteroatoms. The van der Waals surface area contributed by atoms with Gasteiger partial charge in [-0.3, -0.25) is 10.1 Å². The number of nitrogens with zero attached hydrogens (tertiary/aromatic N) is 1. The number of benzene rings is 1. The summed E-state index contributed by atoms with van der Waals surface area (Å²) in [4.78, 5) is 10.6. The molecule has 0 spiro atoms. The van der Waals surface area contributed by atoms with Crippen molar-refractivity contribution in [1.29, 1.82) is 0 Å². The van der Waals surface area contributed by atoms with Crippen LogP contribution in [0.5, 0.6) is 5.75 Å². The molecule has 0 bridgehead atoms. The maximum atomic E-state index is 11.1. The van der Waals surface area contributed by atoms with Crippen LogP contribution >= 0.6 is 0 Å². The summed E-state index contributed by atoms with van der Waals surface area (Å²) in [5.74, 6) is 0.934. The average molecular weight is 267 g/mol. The number of anilines is 1. The summed E-state index contributed by atoms with van der Waals surface area (Å²) in [6.45, 7) is 4.61. The van der Waals surface area contributed by atoms with Gasteiger partial charge < -0.3 is 15.8 Å². The number of rotatable bonds is 7. The molecule has 6 nitrogen and oxygen atoms in total. The van der Waals surface area contributed by atoms with Crippen LogP contribution in [0.4, 0.5) is 11.4 Å². The van der Waals surface area contributed by atoms with Gasteiger partial charge in [0, 0.05) is 12.6 Å². The molecule has 0 aromatic heterocycles. The lowest BCUT2D eigenvalue weighted by molar-refractivity contribution is -0.384. The Morgan fingerprint density at radius 2 is 2.16 bits per heavy atom. The zero-order valence-electron chi connectivity index (χ0n) is 11.6. The van der Waals surface area contributed by atoms with Gasteiger partial charge in [-0.1, -0.05) is 13.8 Å². The molecule has 1 unspecified atom stereocenters. The van der Waals surface area contributed by atoms with Gasteiger partial charge in [0.2, 0.25) is 0 Å². The maximum absolute atomic E-state index is 11.1. The third kappa shape index (κ3) is 4.40. The van der Waals surface area contributed by atoms with Crippen molar-refractivity contribution in [1.82, 2.24) is 0 Å². The second kappa shape index (κ2) is 6.94. The zero-order valence-corrected chi connectivity index (χ0v) is 11.6. The molecule has 1 aromatic rings. The monoisotopic (exact) mass is 267 g/mol. The lowest BCUT2D eigenvalue weighted by Gasteiger charge is -2.20. The van der Waals surface area contributed by atoms with Crippen LogP contribution in [-0.2, 0) is 0 Å². The first-order valence-corrected chi connectivity index (χ1v) is 6.27. The van der Waals surface area contributed by atoms with Crippen LogP contribution in [0.25, 0.3) is 0 Å². The summed E-state index contributed by atoms with van der Waals surface area (Å²) in [5.41, 5.74) is 6.17. The summed E-state index contributed by atoms with van der Waals surface area (Å²) in [6, 6.07) is 4.77. The van der Waals surface area contributed by atoms with Crippen LogP contribution in [0.2, 0.25) is 0 Å². The van der Waals surface area contributed by atoms with E-state index in [1.165, 1.54) is 13.2 Å². The first kappa shape index (κ1) is 15.2. The molecule has 0 aliphatic carbocycles. The van der Waals surface area contributed by atoms with Crippen molar-refractivity contribution in [2.45, 2.75) is 26.3 Å².